The van der Waals surface area contributed by atoms with Gasteiger partial charge in [-0.2, -0.15) is 8.78 Å². The molecule has 0 radical (unpaired) electrons. The number of rotatable bonds is 0. The molecule has 1 rings (SSSR count). The Hall–Kier alpha value is 3.40. The minimum atomic E-state index is -3.45. The number of nitrogens with two attached hydrogens (primary N) is 1. The summed E-state index contributed by atoms with van der Waals surface area (Å²) in [6.45, 7) is 0. The third kappa shape index (κ3) is 1.78. The first kappa shape index (κ1) is 15.5. The third-order valence-electron chi connectivity index (χ3n) is 2.01. The van der Waals surface area contributed by atoms with Crippen LogP contribution in [-0.4, -0.2) is 18.5 Å². The van der Waals surface area contributed by atoms with Gasteiger partial charge in [0, 0.05) is 0 Å². The highest BCUT2D eigenvalue weighted by Gasteiger charge is 2.82. The second-order valence-corrected chi connectivity index (χ2v) is 15.2. The zero-order chi connectivity index (χ0) is 11.6. The number of alkyl halides is 8. The summed E-state index contributed by atoms with van der Waals surface area (Å²) in [4.78, 5) is 0. The molecule has 9 heteroatoms. The van der Waals surface area contributed by atoms with Crippen LogP contribution in [0, 0.1) is 0 Å². The topological polar surface area (TPSA) is 26.0 Å². The van der Waals surface area contributed by atoms with E-state index in [0.29, 0.717) is 0 Å². The Kier molecular flexibility index (Phi) is 4.65. The van der Waals surface area contributed by atoms with Crippen LogP contribution in [0.15, 0.2) is 0 Å². The molecule has 2 N–H and O–H groups in total. The van der Waals surface area contributed by atoms with Crippen molar-refractivity contribution in [2.75, 3.05) is 0 Å². The second-order valence-electron chi connectivity index (χ2n) is 2.87. The first-order chi connectivity index (χ1) is 5.90. The van der Waals surface area contributed by atoms with Gasteiger partial charge in [-0.3, -0.25) is 0 Å². The van der Waals surface area contributed by atoms with E-state index in [-0.39, 0.29) is 0 Å². The van der Waals surface area contributed by atoms with E-state index in [0.717, 1.165) is 22.6 Å². The number of hydrogen-bond donors (Lipinski definition) is 1. The molecule has 0 aromatic carbocycles. The molecule has 0 spiro atoms. The van der Waals surface area contributed by atoms with Crippen molar-refractivity contribution in [3.8, 4) is 0 Å². The molecule has 1 aliphatic rings. The summed E-state index contributed by atoms with van der Waals surface area (Å²) in [6.07, 6.45) is 0. The summed E-state index contributed by atoms with van der Waals surface area (Å²) in [7, 11) is 0. The van der Waals surface area contributed by atoms with Crippen LogP contribution in [-0.2, 0) is 0 Å². The Morgan fingerprint density at radius 1 is 0.929 bits per heavy atom. The van der Waals surface area contributed by atoms with Gasteiger partial charge in [0.05, 0.1) is 6.04 Å². The molecule has 0 aromatic rings. The van der Waals surface area contributed by atoms with Gasteiger partial charge in [-0.1, -0.05) is 90.4 Å². The van der Waals surface area contributed by atoms with Crippen LogP contribution >= 0.6 is 113 Å². The van der Waals surface area contributed by atoms with Crippen LogP contribution in [0.4, 0.5) is 13.2 Å². The van der Waals surface area contributed by atoms with E-state index in [9.17, 15) is 13.2 Å². The molecule has 1 aliphatic carbocycles. The van der Waals surface area contributed by atoms with Crippen LogP contribution in [0.5, 0.6) is 0 Å². The van der Waals surface area contributed by atoms with E-state index in [4.69, 9.17) is 5.73 Å². The summed E-state index contributed by atoms with van der Waals surface area (Å²) in [5, 5.41) is 0. The highest BCUT2D eigenvalue weighted by Crippen LogP contribution is 2.71. The van der Waals surface area contributed by atoms with Crippen molar-refractivity contribution in [2.45, 2.75) is 18.5 Å². The summed E-state index contributed by atoms with van der Waals surface area (Å²) < 4.78 is 36.1. The molecule has 0 amide bonds. The zero-order valence-electron chi connectivity index (χ0n) is 6.18. The van der Waals surface area contributed by atoms with E-state index in [2.05, 4.69) is 0 Å². The van der Waals surface area contributed by atoms with Crippen molar-refractivity contribution in [1.29, 1.82) is 0 Å². The molecule has 1 fully saturated rings. The highest BCUT2D eigenvalue weighted by atomic mass is 127. The fraction of sp³-hybridized carbons (Fsp3) is 1.00. The largest absolute Gasteiger partial charge is 0.322 e. The van der Waals surface area contributed by atoms with Crippen molar-refractivity contribution in [3.05, 3.63) is 0 Å². The van der Waals surface area contributed by atoms with Crippen molar-refractivity contribution < 1.29 is 13.2 Å². The molecule has 2 atom stereocenters. The summed E-state index contributed by atoms with van der Waals surface area (Å²) in [6, 6.07) is -1.21. The molecule has 0 aromatic heterocycles. The minimum absolute atomic E-state index is 1.02. The maximum Gasteiger partial charge on any atom is 0.317 e. The Morgan fingerprint density at radius 3 is 1.36 bits per heavy atom. The molecule has 0 bridgehead atoms. The molecule has 1 saturated carbocycles. The SMILES string of the molecule is NC1C(F)(I)C(F)(F)C(I)(I)C1(I)I. The van der Waals surface area contributed by atoms with Crippen LogP contribution in [0.2, 0.25) is 0 Å². The average molecular weight is 769 g/mol. The fourth-order valence-corrected chi connectivity index (χ4v) is 7.12. The van der Waals surface area contributed by atoms with Crippen LogP contribution in [0.25, 0.3) is 0 Å². The Balaban J connectivity index is 3.38. The van der Waals surface area contributed by atoms with Gasteiger partial charge in [0.1, 0.15) is 1.43 Å². The van der Waals surface area contributed by atoms with Gasteiger partial charge in [-0.05, 0) is 22.6 Å². The van der Waals surface area contributed by atoms with Crippen molar-refractivity contribution >= 4 is 113 Å². The van der Waals surface area contributed by atoms with E-state index < -0.39 is 18.5 Å². The number of hydrogen-bond acceptors (Lipinski definition) is 1. The third-order valence-corrected chi connectivity index (χ3v) is 13.5. The Morgan fingerprint density at radius 2 is 1.29 bits per heavy atom. The highest BCUT2D eigenvalue weighted by molar-refractivity contribution is 14.2. The maximum atomic E-state index is 13.9. The Labute approximate surface area is 147 Å². The molecular formula is C5H3F3I5N. The lowest BCUT2D eigenvalue weighted by atomic mass is 10.2. The summed E-state index contributed by atoms with van der Waals surface area (Å²) in [5.41, 5.74) is 5.55. The van der Waals surface area contributed by atoms with Crippen molar-refractivity contribution in [1.82, 2.24) is 0 Å². The van der Waals surface area contributed by atoms with Gasteiger partial charge in [0.15, 0.2) is 1.43 Å². The normalized spacial score (nSPS) is 43.9. The summed E-state index contributed by atoms with van der Waals surface area (Å²) in [5.74, 6) is -3.45. The van der Waals surface area contributed by atoms with Gasteiger partial charge in [0.25, 0.3) is 0 Å². The standard InChI is InChI=1S/C5H3F3I5N/c6-2(9)1(14)3(10,11)5(12,13)4(2,7)8/h1H,14H2. The van der Waals surface area contributed by atoms with Crippen molar-refractivity contribution in [3.63, 3.8) is 0 Å². The van der Waals surface area contributed by atoms with Gasteiger partial charge >= 0.3 is 5.92 Å². The van der Waals surface area contributed by atoms with Crippen LogP contribution in [0.3, 0.4) is 0 Å². The van der Waals surface area contributed by atoms with Gasteiger partial charge < -0.3 is 5.73 Å². The van der Waals surface area contributed by atoms with E-state index >= 15 is 0 Å². The molecule has 0 saturated heterocycles. The molecular weight excluding hydrogens is 766 g/mol. The van der Waals surface area contributed by atoms with Crippen LogP contribution in [0.1, 0.15) is 0 Å². The quantitative estimate of drug-likeness (QED) is 0.291. The fourth-order valence-electron chi connectivity index (χ4n) is 1.04. The van der Waals surface area contributed by atoms with Gasteiger partial charge in [0.2, 0.25) is 3.68 Å². The molecule has 0 aliphatic heterocycles. The second kappa shape index (κ2) is 4.21. The van der Waals surface area contributed by atoms with E-state index in [1.54, 1.807) is 45.2 Å². The van der Waals surface area contributed by atoms with E-state index in [1.165, 1.54) is 0 Å². The van der Waals surface area contributed by atoms with Crippen molar-refractivity contribution in [2.24, 2.45) is 5.73 Å². The first-order valence-electron chi connectivity index (χ1n) is 3.17. The number of halogens is 8. The average Bonchev–Trinajstić information content (AvgIpc) is 2.05. The smallest absolute Gasteiger partial charge is 0.317 e. The lowest BCUT2D eigenvalue weighted by Crippen LogP contribution is -2.48. The monoisotopic (exact) mass is 769 g/mol. The molecule has 2 unspecified atom stereocenters. The van der Waals surface area contributed by atoms with E-state index in [1.807, 2.05) is 45.2 Å². The first-order valence-corrected chi connectivity index (χ1v) is 8.57. The lowest BCUT2D eigenvalue weighted by molar-refractivity contribution is -0.0580. The van der Waals surface area contributed by atoms with Gasteiger partial charge in [-0.15, -0.1) is 0 Å². The molecule has 0 heterocycles. The zero-order valence-corrected chi connectivity index (χ0v) is 17.0. The minimum Gasteiger partial charge on any atom is -0.322 e. The molecule has 1 nitrogen and oxygen atoms in total. The lowest BCUT2D eigenvalue weighted by Gasteiger charge is -2.31. The molecule has 84 valence electrons. The maximum absolute atomic E-state index is 13.9. The summed E-state index contributed by atoms with van der Waals surface area (Å²) >= 11 is 7.92. The van der Waals surface area contributed by atoms with Crippen LogP contribution < -0.4 is 5.73 Å². The Bertz CT molecular complexity index is 240. The molecule has 14 heavy (non-hydrogen) atoms. The predicted octanol–water partition coefficient (Wildman–Crippen LogP) is 4.20. The predicted molar refractivity (Wildman–Crippen MR) is 92.3 cm³/mol. The van der Waals surface area contributed by atoms with Gasteiger partial charge in [-0.25, -0.2) is 4.39 Å².